The van der Waals surface area contributed by atoms with E-state index in [2.05, 4.69) is 6.08 Å². The molecule has 2 aromatic rings. The van der Waals surface area contributed by atoms with Crippen LogP contribution in [0.1, 0.15) is 23.1 Å². The van der Waals surface area contributed by atoms with Crippen LogP contribution in [0, 0.1) is 10.2 Å². The molecule has 1 aliphatic heterocycles. The highest BCUT2D eigenvalue weighted by Gasteiger charge is 2.34. The molecule has 1 unspecified atom stereocenters. The van der Waals surface area contributed by atoms with Gasteiger partial charge in [-0.15, -0.1) is 0 Å². The van der Waals surface area contributed by atoms with Gasteiger partial charge in [-0.05, 0) is 47.2 Å². The van der Waals surface area contributed by atoms with Crippen LogP contribution >= 0.6 is 10.8 Å². The van der Waals surface area contributed by atoms with Crippen LogP contribution in [-0.4, -0.2) is 4.86 Å². The third-order valence-electron chi connectivity index (χ3n) is 3.99. The van der Waals surface area contributed by atoms with Crippen molar-refractivity contribution in [2.75, 3.05) is 0 Å². The smallest absolute Gasteiger partial charge is 0.148 e. The van der Waals surface area contributed by atoms with Crippen LogP contribution in [0.15, 0.2) is 59.0 Å². The van der Waals surface area contributed by atoms with Crippen molar-refractivity contribution in [3.8, 4) is 0 Å². The van der Waals surface area contributed by atoms with Gasteiger partial charge in [-0.1, -0.05) is 42.5 Å². The second kappa shape index (κ2) is 5.56. The zero-order valence-corrected chi connectivity index (χ0v) is 13.6. The van der Waals surface area contributed by atoms with Gasteiger partial charge in [0.1, 0.15) is 14.5 Å². The minimum atomic E-state index is -4.51. The fourth-order valence-electron chi connectivity index (χ4n) is 3.08. The summed E-state index contributed by atoms with van der Waals surface area (Å²) in [6.07, 6.45) is 3.78. The van der Waals surface area contributed by atoms with E-state index < -0.39 is 21.0 Å². The maximum absolute atomic E-state index is 11.3. The van der Waals surface area contributed by atoms with Gasteiger partial charge in [0.05, 0.1) is 20.0 Å². The van der Waals surface area contributed by atoms with Crippen LogP contribution in [0.25, 0.3) is 6.08 Å². The maximum Gasteiger partial charge on any atom is 0.148 e. The van der Waals surface area contributed by atoms with E-state index in [-0.39, 0.29) is 0 Å². The van der Waals surface area contributed by atoms with Gasteiger partial charge in [0.25, 0.3) is 0 Å². The second-order valence-corrected chi connectivity index (χ2v) is 8.05. The molecule has 2 aliphatic rings. The highest BCUT2D eigenvalue weighted by atomic mass is 35.7. The lowest BCUT2D eigenvalue weighted by Gasteiger charge is -2.27. The average molecular weight is 349 g/mol. The minimum Gasteiger partial charge on any atom is -0.182 e. The molecule has 0 spiro atoms. The van der Waals surface area contributed by atoms with Crippen LogP contribution < -0.4 is 14.0 Å². The Labute approximate surface area is 138 Å². The molecule has 6 heteroatoms. The molecule has 0 amide bonds. The monoisotopic (exact) mass is 348 g/mol. The summed E-state index contributed by atoms with van der Waals surface area (Å²) < 4.78 is 38.8. The third kappa shape index (κ3) is 2.76. The van der Waals surface area contributed by atoms with Crippen molar-refractivity contribution in [2.24, 2.45) is 0 Å². The Morgan fingerprint density at radius 1 is 0.913 bits per heavy atom. The summed E-state index contributed by atoms with van der Waals surface area (Å²) in [5.41, 5.74) is 4.08. The van der Waals surface area contributed by atoms with E-state index in [0.717, 1.165) is 44.9 Å². The fourth-order valence-corrected chi connectivity index (χ4v) is 5.78. The first-order valence-corrected chi connectivity index (χ1v) is 9.52. The molecular formula is C17H13ClO4S. The van der Waals surface area contributed by atoms with Crippen molar-refractivity contribution in [1.29, 1.82) is 0 Å². The summed E-state index contributed by atoms with van der Waals surface area (Å²) in [5.74, 6) is 0. The number of benzene rings is 2. The van der Waals surface area contributed by atoms with Gasteiger partial charge >= 0.3 is 0 Å². The first-order chi connectivity index (χ1) is 11.0. The minimum absolute atomic E-state index is 0.731. The van der Waals surface area contributed by atoms with Gasteiger partial charge < -0.3 is 0 Å². The highest BCUT2D eigenvalue weighted by molar-refractivity contribution is 8.12. The van der Waals surface area contributed by atoms with Gasteiger partial charge in [-0.3, -0.25) is 0 Å². The van der Waals surface area contributed by atoms with Crippen LogP contribution in [-0.2, 0) is 10.2 Å². The van der Waals surface area contributed by atoms with Gasteiger partial charge in [-0.2, -0.15) is 14.0 Å². The molecule has 2 aromatic carbocycles. The second-order valence-electron chi connectivity index (χ2n) is 5.40. The van der Waals surface area contributed by atoms with Crippen molar-refractivity contribution in [1.82, 2.24) is 0 Å². The summed E-state index contributed by atoms with van der Waals surface area (Å²) in [7, 11) is -5.74. The van der Waals surface area contributed by atoms with E-state index in [1.807, 2.05) is 48.5 Å². The zero-order valence-electron chi connectivity index (χ0n) is 12.0. The van der Waals surface area contributed by atoms with E-state index in [9.17, 15) is 14.0 Å². The molecule has 0 radical (unpaired) electrons. The molecule has 118 valence electrons. The molecular weight excluding hydrogens is 336 g/mol. The van der Waals surface area contributed by atoms with E-state index in [1.165, 1.54) is 0 Å². The predicted molar refractivity (Wildman–Crippen MR) is 80.2 cm³/mol. The Morgan fingerprint density at radius 2 is 1.65 bits per heavy atom. The van der Waals surface area contributed by atoms with E-state index in [1.54, 1.807) is 0 Å². The maximum atomic E-state index is 11.3. The summed E-state index contributed by atoms with van der Waals surface area (Å²) >= 11 is 0. The molecule has 1 aliphatic carbocycles. The number of halogens is 1. The Kier molecular flexibility index (Phi) is 3.65. The molecule has 0 saturated heterocycles. The van der Waals surface area contributed by atoms with Crippen LogP contribution in [0.4, 0.5) is 0 Å². The van der Waals surface area contributed by atoms with Gasteiger partial charge in [0, 0.05) is 0 Å². The van der Waals surface area contributed by atoms with Gasteiger partial charge in [0.2, 0.25) is 0 Å². The lowest BCUT2D eigenvalue weighted by molar-refractivity contribution is -1.91. The van der Waals surface area contributed by atoms with Crippen LogP contribution in [0.3, 0.4) is 0 Å². The fraction of sp³-hybridized carbons (Fsp3) is 0.118. The van der Waals surface area contributed by atoms with Crippen molar-refractivity contribution < 1.29 is 28.0 Å². The molecule has 1 heterocycles. The number of allylic oxidation sites excluding steroid dienone is 1. The van der Waals surface area contributed by atoms with Crippen molar-refractivity contribution >= 4 is 21.7 Å². The Hall–Kier alpha value is -1.47. The molecule has 0 fully saturated rings. The Balaban J connectivity index is 2.01. The quantitative estimate of drug-likeness (QED) is 0.749. The van der Waals surface area contributed by atoms with Gasteiger partial charge in [-0.25, -0.2) is 0 Å². The predicted octanol–water partition coefficient (Wildman–Crippen LogP) is 0.707. The summed E-state index contributed by atoms with van der Waals surface area (Å²) in [5, 5.41) is 0. The first-order valence-electron chi connectivity index (χ1n) is 7.13. The molecule has 0 saturated carbocycles. The van der Waals surface area contributed by atoms with Crippen molar-refractivity contribution in [3.05, 3.63) is 70.8 Å². The zero-order chi connectivity index (χ0) is 16.0. The molecule has 4 rings (SSSR count). The van der Waals surface area contributed by atoms with Crippen LogP contribution in [0.2, 0.25) is 0 Å². The lowest BCUT2D eigenvalue weighted by atomic mass is 9.87. The first kappa shape index (κ1) is 15.1. The van der Waals surface area contributed by atoms with Crippen molar-refractivity contribution in [2.45, 2.75) is 17.7 Å². The normalized spacial score (nSPS) is 19.5. The number of aryl methyl sites for hydroxylation is 1. The number of fused-ring (bicyclic) bond motifs is 4. The van der Waals surface area contributed by atoms with E-state index in [0.29, 0.717) is 0 Å². The molecule has 0 N–H and O–H groups in total. The highest BCUT2D eigenvalue weighted by Crippen LogP contribution is 2.45. The van der Waals surface area contributed by atoms with E-state index in [4.69, 9.17) is 3.74 Å². The Morgan fingerprint density at radius 3 is 2.48 bits per heavy atom. The topological polar surface area (TPSA) is 78.4 Å². The largest absolute Gasteiger partial charge is 0.182 e. The number of rotatable bonds is 2. The summed E-state index contributed by atoms with van der Waals surface area (Å²) in [4.78, 5) is 1.55. The summed E-state index contributed by atoms with van der Waals surface area (Å²) in [6.45, 7) is 0. The number of hydrogen-bond acceptors (Lipinski definition) is 4. The van der Waals surface area contributed by atoms with Crippen molar-refractivity contribution in [3.63, 3.8) is 0 Å². The molecule has 23 heavy (non-hydrogen) atoms. The lowest BCUT2D eigenvalue weighted by Crippen LogP contribution is -2.60. The Bertz CT molecular complexity index is 852. The molecule has 0 bridgehead atoms. The van der Waals surface area contributed by atoms with E-state index >= 15 is 0 Å². The van der Waals surface area contributed by atoms with Gasteiger partial charge in [0.15, 0.2) is 0 Å². The number of hydrogen-bond donors (Lipinski definition) is 0. The molecule has 0 aromatic heterocycles. The molecule has 1 atom stereocenters. The standard InChI is InChI=1S/C17H13ClO4S/c19-18(20,21)22-23-16-8-4-2-6-13(16)11-14-10-9-12-5-1-3-7-15(12)17(14)23/h1-8,11H,9-10H2. The summed E-state index contributed by atoms with van der Waals surface area (Å²) in [6, 6.07) is 15.3. The van der Waals surface area contributed by atoms with Crippen LogP contribution in [0.5, 0.6) is 0 Å². The SMILES string of the molecule is [O-][Cl+3]([O-])([O-])OS1=C2C(=Cc3ccccc31)CCc1ccccc12. The molecule has 4 nitrogen and oxygen atoms in total. The third-order valence-corrected chi connectivity index (χ3v) is 6.74. The average Bonchev–Trinajstić information content (AvgIpc) is 2.53.